The summed E-state index contributed by atoms with van der Waals surface area (Å²) in [4.78, 5) is 16.6. The van der Waals surface area contributed by atoms with Crippen molar-refractivity contribution in [2.24, 2.45) is 0 Å². The molecule has 0 atom stereocenters. The van der Waals surface area contributed by atoms with E-state index < -0.39 is 0 Å². The second-order valence-electron chi connectivity index (χ2n) is 6.94. The van der Waals surface area contributed by atoms with Gasteiger partial charge in [0.1, 0.15) is 5.82 Å². The van der Waals surface area contributed by atoms with E-state index >= 15 is 0 Å². The fraction of sp³-hybridized carbons (Fsp3) is 0.381. The van der Waals surface area contributed by atoms with Gasteiger partial charge in [0.15, 0.2) is 11.5 Å². The van der Waals surface area contributed by atoms with Crippen LogP contribution in [0.5, 0.6) is 11.5 Å². The van der Waals surface area contributed by atoms with E-state index in [0.717, 1.165) is 31.1 Å². The van der Waals surface area contributed by atoms with E-state index in [4.69, 9.17) is 9.47 Å². The lowest BCUT2D eigenvalue weighted by atomic mass is 10.1. The Morgan fingerprint density at radius 3 is 2.59 bits per heavy atom. The molecular weight excluding hydrogens is 347 g/mol. The number of halogens is 1. The predicted molar refractivity (Wildman–Crippen MR) is 99.1 cm³/mol. The van der Waals surface area contributed by atoms with Crippen LogP contribution in [0.2, 0.25) is 0 Å². The van der Waals surface area contributed by atoms with Gasteiger partial charge in [-0.3, -0.25) is 9.69 Å². The maximum absolute atomic E-state index is 13.7. The van der Waals surface area contributed by atoms with Crippen LogP contribution in [0.15, 0.2) is 42.5 Å². The van der Waals surface area contributed by atoms with Gasteiger partial charge >= 0.3 is 0 Å². The number of hydrogen-bond acceptors (Lipinski definition) is 4. The minimum atomic E-state index is -0.237. The van der Waals surface area contributed by atoms with Crippen LogP contribution in [0.4, 0.5) is 4.39 Å². The van der Waals surface area contributed by atoms with Gasteiger partial charge in [-0.15, -0.1) is 0 Å². The van der Waals surface area contributed by atoms with Crippen molar-refractivity contribution in [1.29, 1.82) is 0 Å². The fourth-order valence-corrected chi connectivity index (χ4v) is 3.55. The summed E-state index contributed by atoms with van der Waals surface area (Å²) in [5.41, 5.74) is 1.78. The van der Waals surface area contributed by atoms with E-state index in [-0.39, 0.29) is 18.5 Å². The van der Waals surface area contributed by atoms with E-state index in [1.54, 1.807) is 18.2 Å². The van der Waals surface area contributed by atoms with Crippen molar-refractivity contribution in [3.8, 4) is 11.5 Å². The van der Waals surface area contributed by atoms with Crippen LogP contribution in [0.1, 0.15) is 17.5 Å². The Morgan fingerprint density at radius 2 is 1.78 bits per heavy atom. The van der Waals surface area contributed by atoms with E-state index in [1.165, 1.54) is 11.6 Å². The molecular formula is C21H23FN2O3. The number of ether oxygens (including phenoxy) is 2. The third-order valence-corrected chi connectivity index (χ3v) is 5.13. The van der Waals surface area contributed by atoms with Gasteiger partial charge in [-0.1, -0.05) is 24.3 Å². The zero-order valence-corrected chi connectivity index (χ0v) is 15.2. The maximum atomic E-state index is 13.7. The van der Waals surface area contributed by atoms with E-state index in [0.29, 0.717) is 31.5 Å². The normalized spacial score (nSPS) is 16.6. The third kappa shape index (κ3) is 4.22. The van der Waals surface area contributed by atoms with Crippen LogP contribution in [0.3, 0.4) is 0 Å². The van der Waals surface area contributed by atoms with Crippen LogP contribution in [-0.2, 0) is 17.8 Å². The zero-order valence-electron chi connectivity index (χ0n) is 15.2. The van der Waals surface area contributed by atoms with Crippen LogP contribution < -0.4 is 9.47 Å². The van der Waals surface area contributed by atoms with Crippen LogP contribution in [0, 0.1) is 5.82 Å². The summed E-state index contributed by atoms with van der Waals surface area (Å²) in [6.07, 6.45) is 0.798. The largest absolute Gasteiger partial charge is 0.454 e. The molecule has 0 N–H and O–H groups in total. The molecule has 5 nitrogen and oxygen atoms in total. The van der Waals surface area contributed by atoms with Crippen molar-refractivity contribution in [3.05, 3.63) is 59.4 Å². The highest BCUT2D eigenvalue weighted by Gasteiger charge is 2.22. The number of benzene rings is 2. The van der Waals surface area contributed by atoms with E-state index in [1.807, 2.05) is 17.0 Å². The topological polar surface area (TPSA) is 42.0 Å². The number of fused-ring (bicyclic) bond motifs is 1. The summed E-state index contributed by atoms with van der Waals surface area (Å²) >= 11 is 0. The molecule has 142 valence electrons. The summed E-state index contributed by atoms with van der Waals surface area (Å²) in [5.74, 6) is 1.46. The molecule has 1 amide bonds. The summed E-state index contributed by atoms with van der Waals surface area (Å²) < 4.78 is 24.4. The van der Waals surface area contributed by atoms with E-state index in [9.17, 15) is 9.18 Å². The first-order valence-corrected chi connectivity index (χ1v) is 9.31. The Bertz CT molecular complexity index is 819. The van der Waals surface area contributed by atoms with Gasteiger partial charge in [-0.25, -0.2) is 4.39 Å². The summed E-state index contributed by atoms with van der Waals surface area (Å²) in [5, 5.41) is 0. The average Bonchev–Trinajstić information content (AvgIpc) is 3.15. The molecule has 4 rings (SSSR count). The lowest BCUT2D eigenvalue weighted by Gasteiger charge is -2.35. The van der Waals surface area contributed by atoms with Crippen molar-refractivity contribution < 1.29 is 18.7 Å². The Morgan fingerprint density at radius 1 is 1.00 bits per heavy atom. The quantitative estimate of drug-likeness (QED) is 0.812. The number of aryl methyl sites for hydroxylation is 1. The van der Waals surface area contributed by atoms with Crippen molar-refractivity contribution >= 4 is 5.91 Å². The van der Waals surface area contributed by atoms with Gasteiger partial charge in [0, 0.05) is 39.1 Å². The van der Waals surface area contributed by atoms with Gasteiger partial charge in [-0.2, -0.15) is 0 Å². The Hall–Kier alpha value is -2.60. The van der Waals surface area contributed by atoms with Crippen LogP contribution in [0.25, 0.3) is 0 Å². The van der Waals surface area contributed by atoms with Crippen molar-refractivity contribution in [1.82, 2.24) is 9.80 Å². The Labute approximate surface area is 158 Å². The molecule has 0 aliphatic carbocycles. The van der Waals surface area contributed by atoms with Crippen molar-refractivity contribution in [2.45, 2.75) is 19.4 Å². The van der Waals surface area contributed by atoms with Gasteiger partial charge in [-0.05, 0) is 35.7 Å². The number of carbonyl (C=O) groups is 1. The highest BCUT2D eigenvalue weighted by Crippen LogP contribution is 2.32. The molecule has 0 bridgehead atoms. The molecule has 2 heterocycles. The standard InChI is InChI=1S/C21H23FN2O3/c22-18-4-2-1-3-17(18)6-8-21(25)24-11-9-23(10-12-24)14-16-5-7-19-20(13-16)27-15-26-19/h1-5,7,13H,6,8-12,14-15H2. The molecule has 6 heteroatoms. The third-order valence-electron chi connectivity index (χ3n) is 5.13. The van der Waals surface area contributed by atoms with Gasteiger partial charge < -0.3 is 14.4 Å². The molecule has 2 aliphatic rings. The monoisotopic (exact) mass is 370 g/mol. The minimum Gasteiger partial charge on any atom is -0.454 e. The fourth-order valence-electron chi connectivity index (χ4n) is 3.55. The summed E-state index contributed by atoms with van der Waals surface area (Å²) in [6.45, 7) is 4.20. The molecule has 0 saturated carbocycles. The second kappa shape index (κ2) is 7.96. The highest BCUT2D eigenvalue weighted by molar-refractivity contribution is 5.76. The summed E-state index contributed by atoms with van der Waals surface area (Å²) in [6, 6.07) is 12.7. The zero-order chi connectivity index (χ0) is 18.6. The highest BCUT2D eigenvalue weighted by atomic mass is 19.1. The number of piperazine rings is 1. The lowest BCUT2D eigenvalue weighted by Crippen LogP contribution is -2.48. The Balaban J connectivity index is 1.25. The first-order chi connectivity index (χ1) is 13.2. The first kappa shape index (κ1) is 17.8. The maximum Gasteiger partial charge on any atom is 0.231 e. The summed E-state index contributed by atoms with van der Waals surface area (Å²) in [7, 11) is 0. The molecule has 27 heavy (non-hydrogen) atoms. The predicted octanol–water partition coefficient (Wildman–Crippen LogP) is 2.83. The minimum absolute atomic E-state index is 0.0981. The SMILES string of the molecule is O=C(CCc1ccccc1F)N1CCN(Cc2ccc3c(c2)OCO3)CC1. The van der Waals surface area contributed by atoms with Crippen LogP contribution >= 0.6 is 0 Å². The van der Waals surface area contributed by atoms with Crippen molar-refractivity contribution in [2.75, 3.05) is 33.0 Å². The second-order valence-corrected chi connectivity index (χ2v) is 6.94. The molecule has 2 aliphatic heterocycles. The number of amides is 1. The number of carbonyl (C=O) groups excluding carboxylic acids is 1. The smallest absolute Gasteiger partial charge is 0.231 e. The van der Waals surface area contributed by atoms with Gasteiger partial charge in [0.2, 0.25) is 12.7 Å². The van der Waals surface area contributed by atoms with Gasteiger partial charge in [0.25, 0.3) is 0 Å². The van der Waals surface area contributed by atoms with Gasteiger partial charge in [0.05, 0.1) is 0 Å². The Kier molecular flexibility index (Phi) is 5.25. The van der Waals surface area contributed by atoms with E-state index in [2.05, 4.69) is 11.0 Å². The average molecular weight is 370 g/mol. The number of nitrogens with zero attached hydrogens (tertiary/aromatic N) is 2. The number of hydrogen-bond donors (Lipinski definition) is 0. The van der Waals surface area contributed by atoms with Crippen LogP contribution in [-0.4, -0.2) is 48.7 Å². The lowest BCUT2D eigenvalue weighted by molar-refractivity contribution is -0.133. The molecule has 2 aromatic carbocycles. The molecule has 0 unspecified atom stereocenters. The molecule has 0 radical (unpaired) electrons. The first-order valence-electron chi connectivity index (χ1n) is 9.31. The molecule has 2 aromatic rings. The molecule has 1 fully saturated rings. The molecule has 0 spiro atoms. The molecule has 1 saturated heterocycles. The number of rotatable bonds is 5. The molecule has 0 aromatic heterocycles. The van der Waals surface area contributed by atoms with Crippen molar-refractivity contribution in [3.63, 3.8) is 0 Å².